The second-order valence-corrected chi connectivity index (χ2v) is 7.66. The predicted octanol–water partition coefficient (Wildman–Crippen LogP) is 1.26. The Labute approximate surface area is 173 Å². The molecule has 2 unspecified atom stereocenters. The van der Waals surface area contributed by atoms with Gasteiger partial charge in [-0.15, -0.1) is 0 Å². The van der Waals surface area contributed by atoms with Gasteiger partial charge < -0.3 is 29.3 Å². The highest BCUT2D eigenvalue weighted by atomic mass is 16.5. The molecular weight excluding hydrogens is 370 g/mol. The van der Waals surface area contributed by atoms with Gasteiger partial charge in [-0.25, -0.2) is 9.98 Å². The maximum Gasteiger partial charge on any atom is 0.194 e. The molecule has 29 heavy (non-hydrogen) atoms. The fraction of sp³-hybridized carbons (Fsp3) is 0.714. The summed E-state index contributed by atoms with van der Waals surface area (Å²) in [5, 5.41) is 3.46. The van der Waals surface area contributed by atoms with Gasteiger partial charge in [0.05, 0.1) is 32.5 Å². The Morgan fingerprint density at radius 3 is 2.83 bits per heavy atom. The fourth-order valence-electron chi connectivity index (χ4n) is 4.19. The summed E-state index contributed by atoms with van der Waals surface area (Å²) in [4.78, 5) is 14.2. The third-order valence-corrected chi connectivity index (χ3v) is 5.68. The van der Waals surface area contributed by atoms with Crippen molar-refractivity contribution in [3.63, 3.8) is 0 Å². The Hall–Kier alpha value is -1.90. The van der Waals surface area contributed by atoms with Gasteiger partial charge in [-0.2, -0.15) is 0 Å². The van der Waals surface area contributed by atoms with Crippen molar-refractivity contribution in [1.82, 2.24) is 15.2 Å². The first-order chi connectivity index (χ1) is 14.3. The first-order valence-corrected chi connectivity index (χ1v) is 10.9. The topological polar surface area (TPSA) is 71.5 Å². The molecule has 0 spiro atoms. The van der Waals surface area contributed by atoms with Gasteiger partial charge >= 0.3 is 0 Å². The van der Waals surface area contributed by atoms with Crippen LogP contribution in [0, 0.1) is 0 Å². The van der Waals surface area contributed by atoms with Crippen LogP contribution in [-0.2, 0) is 20.8 Å². The molecule has 0 radical (unpaired) electrons. The van der Waals surface area contributed by atoms with Gasteiger partial charge in [-0.05, 0) is 25.8 Å². The summed E-state index contributed by atoms with van der Waals surface area (Å²) in [6.45, 7) is 10.0. The van der Waals surface area contributed by atoms with Crippen LogP contribution in [0.1, 0.15) is 25.3 Å². The van der Waals surface area contributed by atoms with E-state index < -0.39 is 0 Å². The van der Waals surface area contributed by atoms with Gasteiger partial charge in [0.25, 0.3) is 0 Å². The number of morpholine rings is 2. The minimum Gasteiger partial charge on any atom is -0.378 e. The van der Waals surface area contributed by atoms with Crippen molar-refractivity contribution in [2.45, 2.75) is 38.5 Å². The highest BCUT2D eigenvalue weighted by Crippen LogP contribution is 2.22. The maximum absolute atomic E-state index is 6.00. The molecule has 8 nitrogen and oxygen atoms in total. The molecule has 0 aliphatic carbocycles. The molecule has 0 amide bonds. The minimum absolute atomic E-state index is 0.123. The smallest absolute Gasteiger partial charge is 0.194 e. The molecular formula is C21H33N5O3. The highest BCUT2D eigenvalue weighted by molar-refractivity contribution is 5.80. The largest absolute Gasteiger partial charge is 0.378 e. The van der Waals surface area contributed by atoms with Crippen LogP contribution in [0.25, 0.3) is 0 Å². The zero-order chi connectivity index (χ0) is 19.9. The summed E-state index contributed by atoms with van der Waals surface area (Å²) < 4.78 is 17.3. The standard InChI is InChI=1S/C21H33N5O3/c1-2-22-21(26-10-14-29-19(16-26)18-6-4-11-28-18)24-15-17-5-3-7-23-20(17)25-8-12-27-13-9-25/h3,5,7,18-19H,2,4,6,8-16H2,1H3,(H,22,24). The lowest BCUT2D eigenvalue weighted by atomic mass is 10.1. The van der Waals surface area contributed by atoms with Gasteiger partial charge in [-0.3, -0.25) is 0 Å². The number of hydrogen-bond donors (Lipinski definition) is 1. The van der Waals surface area contributed by atoms with Crippen LogP contribution in [0.15, 0.2) is 23.3 Å². The van der Waals surface area contributed by atoms with E-state index in [-0.39, 0.29) is 12.2 Å². The Morgan fingerprint density at radius 2 is 2.03 bits per heavy atom. The molecule has 1 aromatic heterocycles. The van der Waals surface area contributed by atoms with Crippen LogP contribution >= 0.6 is 0 Å². The van der Waals surface area contributed by atoms with E-state index in [4.69, 9.17) is 19.2 Å². The molecule has 2 atom stereocenters. The second-order valence-electron chi connectivity index (χ2n) is 7.66. The molecule has 3 fully saturated rings. The zero-order valence-corrected chi connectivity index (χ0v) is 17.4. The van der Waals surface area contributed by atoms with E-state index >= 15 is 0 Å². The molecule has 0 bridgehead atoms. The minimum atomic E-state index is 0.123. The summed E-state index contributed by atoms with van der Waals surface area (Å²) in [5.74, 6) is 1.96. The van der Waals surface area contributed by atoms with Crippen LogP contribution in [0.5, 0.6) is 0 Å². The van der Waals surface area contributed by atoms with Gasteiger partial charge in [0.1, 0.15) is 11.9 Å². The molecule has 4 rings (SSSR count). The molecule has 0 saturated carbocycles. The van der Waals surface area contributed by atoms with Gasteiger partial charge in [0.2, 0.25) is 0 Å². The highest BCUT2D eigenvalue weighted by Gasteiger charge is 2.32. The average Bonchev–Trinajstić information content (AvgIpc) is 3.33. The van der Waals surface area contributed by atoms with Gasteiger partial charge in [0, 0.05) is 51.1 Å². The number of aromatic nitrogens is 1. The first-order valence-electron chi connectivity index (χ1n) is 10.9. The van der Waals surface area contributed by atoms with E-state index in [1.165, 1.54) is 0 Å². The van der Waals surface area contributed by atoms with Crippen LogP contribution < -0.4 is 10.2 Å². The number of nitrogens with one attached hydrogen (secondary N) is 1. The Kier molecular flexibility index (Phi) is 7.18. The number of guanidine groups is 1. The second kappa shape index (κ2) is 10.2. The van der Waals surface area contributed by atoms with Gasteiger partial charge in [0.15, 0.2) is 5.96 Å². The Bertz CT molecular complexity index is 674. The van der Waals surface area contributed by atoms with E-state index in [0.717, 1.165) is 82.7 Å². The van der Waals surface area contributed by atoms with Crippen LogP contribution in [0.4, 0.5) is 5.82 Å². The lowest BCUT2D eigenvalue weighted by Gasteiger charge is -2.37. The summed E-state index contributed by atoms with van der Waals surface area (Å²) in [6.07, 6.45) is 4.41. The number of rotatable bonds is 5. The first kappa shape index (κ1) is 20.4. The van der Waals surface area contributed by atoms with Crippen molar-refractivity contribution in [2.24, 2.45) is 4.99 Å². The van der Waals surface area contributed by atoms with Crippen LogP contribution in [0.2, 0.25) is 0 Å². The molecule has 160 valence electrons. The monoisotopic (exact) mass is 403 g/mol. The van der Waals surface area contributed by atoms with Gasteiger partial charge in [-0.1, -0.05) is 6.07 Å². The molecule has 0 aromatic carbocycles. The molecule has 3 aliphatic heterocycles. The Balaban J connectivity index is 1.46. The molecule has 1 N–H and O–H groups in total. The van der Waals surface area contributed by atoms with E-state index in [1.807, 2.05) is 12.3 Å². The number of ether oxygens (including phenoxy) is 3. The number of hydrogen-bond acceptors (Lipinski definition) is 6. The quantitative estimate of drug-likeness (QED) is 0.586. The number of anilines is 1. The molecule has 3 aliphatic rings. The van der Waals surface area contributed by atoms with E-state index in [0.29, 0.717) is 13.2 Å². The van der Waals surface area contributed by atoms with Crippen molar-refractivity contribution < 1.29 is 14.2 Å². The van der Waals surface area contributed by atoms with Crippen molar-refractivity contribution in [2.75, 3.05) is 64.1 Å². The average molecular weight is 404 g/mol. The normalized spacial score (nSPS) is 26.0. The summed E-state index contributed by atoms with van der Waals surface area (Å²) in [7, 11) is 0. The van der Waals surface area contributed by atoms with Crippen molar-refractivity contribution >= 4 is 11.8 Å². The molecule has 3 saturated heterocycles. The van der Waals surface area contributed by atoms with Crippen LogP contribution in [0.3, 0.4) is 0 Å². The van der Waals surface area contributed by atoms with Crippen molar-refractivity contribution in [3.8, 4) is 0 Å². The molecule has 4 heterocycles. The zero-order valence-electron chi connectivity index (χ0n) is 17.4. The third-order valence-electron chi connectivity index (χ3n) is 5.68. The lowest BCUT2D eigenvalue weighted by molar-refractivity contribution is -0.0817. The fourth-order valence-corrected chi connectivity index (χ4v) is 4.19. The number of pyridine rings is 1. The Morgan fingerprint density at radius 1 is 1.17 bits per heavy atom. The van der Waals surface area contributed by atoms with Crippen molar-refractivity contribution in [3.05, 3.63) is 23.9 Å². The summed E-state index contributed by atoms with van der Waals surface area (Å²) in [5.41, 5.74) is 1.15. The van der Waals surface area contributed by atoms with E-state index in [9.17, 15) is 0 Å². The maximum atomic E-state index is 6.00. The molecule has 8 heteroatoms. The van der Waals surface area contributed by atoms with E-state index in [2.05, 4.69) is 33.1 Å². The number of aliphatic imine (C=N–C) groups is 1. The number of nitrogens with zero attached hydrogens (tertiary/aromatic N) is 4. The third kappa shape index (κ3) is 5.18. The SMILES string of the molecule is CCNC(=NCc1cccnc1N1CCOCC1)N1CCOC(C2CCCO2)C1. The molecule has 1 aromatic rings. The summed E-state index contributed by atoms with van der Waals surface area (Å²) >= 11 is 0. The van der Waals surface area contributed by atoms with Crippen LogP contribution in [-0.4, -0.2) is 87.2 Å². The lowest BCUT2D eigenvalue weighted by Crippen LogP contribution is -2.53. The predicted molar refractivity (Wildman–Crippen MR) is 112 cm³/mol. The van der Waals surface area contributed by atoms with Crippen molar-refractivity contribution in [1.29, 1.82) is 0 Å². The summed E-state index contributed by atoms with van der Waals surface area (Å²) in [6, 6.07) is 4.11. The van der Waals surface area contributed by atoms with E-state index in [1.54, 1.807) is 0 Å².